The van der Waals surface area contributed by atoms with Crippen molar-refractivity contribution in [3.8, 4) is 0 Å². The second-order valence-electron chi connectivity index (χ2n) is 10.5. The van der Waals surface area contributed by atoms with Gasteiger partial charge in [-0.3, -0.25) is 4.18 Å². The van der Waals surface area contributed by atoms with Crippen molar-refractivity contribution in [2.24, 2.45) is 0 Å². The van der Waals surface area contributed by atoms with E-state index in [9.17, 15) is 8.42 Å². The van der Waals surface area contributed by atoms with E-state index < -0.39 is 36.7 Å². The highest BCUT2D eigenvalue weighted by atomic mass is 32.2. The van der Waals surface area contributed by atoms with Crippen LogP contribution in [-0.4, -0.2) is 47.9 Å². The Bertz CT molecular complexity index is 974. The van der Waals surface area contributed by atoms with Crippen LogP contribution in [0.5, 0.6) is 0 Å². The minimum absolute atomic E-state index is 0.0866. The Labute approximate surface area is 213 Å². The second kappa shape index (κ2) is 13.1. The number of ether oxygens (including phenoxy) is 2. The number of hydrogen-bond acceptors (Lipinski definition) is 6. The van der Waals surface area contributed by atoms with E-state index in [4.69, 9.17) is 18.1 Å². The lowest BCUT2D eigenvalue weighted by Gasteiger charge is -2.37. The molecule has 0 saturated heterocycles. The highest BCUT2D eigenvalue weighted by molar-refractivity contribution is 7.86. The molecule has 0 aliphatic rings. The van der Waals surface area contributed by atoms with Gasteiger partial charge in [-0.25, -0.2) is 0 Å². The Morgan fingerprint density at radius 2 is 1.34 bits per heavy atom. The summed E-state index contributed by atoms with van der Waals surface area (Å²) in [6, 6.07) is 19.7. The average Bonchev–Trinajstić information content (AvgIpc) is 2.76. The molecule has 0 amide bonds. The summed E-state index contributed by atoms with van der Waals surface area (Å²) in [6.07, 6.45) is -0.173. The van der Waals surface area contributed by atoms with Gasteiger partial charge in [-0.15, -0.1) is 0 Å². The molecule has 2 aromatic carbocycles. The summed E-state index contributed by atoms with van der Waals surface area (Å²) in [5.41, 5.74) is 2.02. The molecular weight excluding hydrogens is 480 g/mol. The summed E-state index contributed by atoms with van der Waals surface area (Å²) in [4.78, 5) is 0. The minimum atomic E-state index is -3.67. The summed E-state index contributed by atoms with van der Waals surface area (Å²) in [6.45, 7) is 13.9. The molecule has 2 aromatic rings. The van der Waals surface area contributed by atoms with Gasteiger partial charge < -0.3 is 13.9 Å². The highest BCUT2D eigenvalue weighted by Gasteiger charge is 2.38. The lowest BCUT2D eigenvalue weighted by atomic mass is 10.1. The lowest BCUT2D eigenvalue weighted by Crippen LogP contribution is -2.45. The van der Waals surface area contributed by atoms with Crippen LogP contribution in [0.2, 0.25) is 18.1 Å². The predicted octanol–water partition coefficient (Wildman–Crippen LogP) is 5.93. The summed E-state index contributed by atoms with van der Waals surface area (Å²) < 4.78 is 48.3. The van der Waals surface area contributed by atoms with Crippen molar-refractivity contribution in [1.82, 2.24) is 0 Å². The van der Waals surface area contributed by atoms with Gasteiger partial charge in [0.15, 0.2) is 8.32 Å². The molecule has 0 aromatic heterocycles. The van der Waals surface area contributed by atoms with Crippen molar-refractivity contribution in [3.63, 3.8) is 0 Å². The van der Waals surface area contributed by atoms with Gasteiger partial charge in [0.05, 0.1) is 25.6 Å². The first kappa shape index (κ1) is 29.7. The topological polar surface area (TPSA) is 71.1 Å². The van der Waals surface area contributed by atoms with Crippen molar-refractivity contribution in [1.29, 1.82) is 0 Å². The summed E-state index contributed by atoms with van der Waals surface area (Å²) in [5, 5.41) is 0.0866. The molecule has 35 heavy (non-hydrogen) atoms. The third kappa shape index (κ3) is 10.5. The molecule has 2 rings (SSSR count). The van der Waals surface area contributed by atoms with Gasteiger partial charge in [0, 0.05) is 6.61 Å². The van der Waals surface area contributed by atoms with Crippen LogP contribution >= 0.6 is 0 Å². The molecule has 8 heteroatoms. The van der Waals surface area contributed by atoms with E-state index in [0.29, 0.717) is 26.2 Å². The molecule has 0 aliphatic carbocycles. The van der Waals surface area contributed by atoms with E-state index in [0.717, 1.165) is 17.4 Å². The molecule has 196 valence electrons. The fourth-order valence-electron chi connectivity index (χ4n) is 3.41. The van der Waals surface area contributed by atoms with Crippen LogP contribution in [0.1, 0.15) is 45.2 Å². The number of hydrogen-bond donors (Lipinski definition) is 0. The Balaban J connectivity index is 2.23. The quantitative estimate of drug-likeness (QED) is 0.226. The van der Waals surface area contributed by atoms with Gasteiger partial charge in [0.1, 0.15) is 12.2 Å². The number of rotatable bonds is 14. The van der Waals surface area contributed by atoms with Gasteiger partial charge >= 0.3 is 0 Å². The van der Waals surface area contributed by atoms with Crippen LogP contribution in [0.4, 0.5) is 0 Å². The zero-order chi connectivity index (χ0) is 26.1. The third-order valence-electron chi connectivity index (χ3n) is 6.42. The summed E-state index contributed by atoms with van der Waals surface area (Å²) in [7, 11) is -5.63. The Kier molecular flexibility index (Phi) is 11.1. The molecule has 0 unspecified atom stereocenters. The largest absolute Gasteiger partial charge is 0.417 e. The molecule has 0 N–H and O–H groups in total. The molecule has 6 nitrogen and oxygen atoms in total. The Morgan fingerprint density at radius 3 is 1.80 bits per heavy atom. The van der Waals surface area contributed by atoms with Gasteiger partial charge in [-0.05, 0) is 42.6 Å². The first-order valence-corrected chi connectivity index (χ1v) is 16.8. The van der Waals surface area contributed by atoms with Crippen molar-refractivity contribution in [2.45, 2.75) is 83.8 Å². The van der Waals surface area contributed by atoms with Gasteiger partial charge in [0.25, 0.3) is 10.1 Å². The van der Waals surface area contributed by atoms with E-state index in [1.807, 2.05) is 60.7 Å². The van der Waals surface area contributed by atoms with E-state index in [2.05, 4.69) is 33.9 Å². The summed E-state index contributed by atoms with van der Waals surface area (Å²) >= 11 is 0. The van der Waals surface area contributed by atoms with Crippen molar-refractivity contribution < 1.29 is 26.5 Å². The SMILES string of the molecule is C[C@H](OS(C)(=O)=O)[C@@H](OCc1ccccc1)[C@@H](CCO[Si](C)(C)C(C)(C)C)OCc1ccccc1. The predicted molar refractivity (Wildman–Crippen MR) is 143 cm³/mol. The fourth-order valence-corrected chi connectivity index (χ4v) is 5.13. The maximum Gasteiger partial charge on any atom is 0.264 e. The standard InChI is InChI=1S/C27H42O6SSi/c1-22(33-34(5,28)29)26(31-21-24-16-12-9-13-17-24)25(30-20-23-14-10-8-11-15-23)18-19-32-35(6,7)27(2,3)4/h8-17,22,25-26H,18-21H2,1-7H3/t22-,25+,26+/m0/s1. The Hall–Kier alpha value is -1.55. The van der Waals surface area contributed by atoms with Crippen LogP contribution in [0, 0.1) is 0 Å². The highest BCUT2D eigenvalue weighted by Crippen LogP contribution is 2.36. The maximum atomic E-state index is 11.9. The zero-order valence-corrected chi connectivity index (χ0v) is 24.0. The number of benzene rings is 2. The van der Waals surface area contributed by atoms with Crippen LogP contribution in [0.25, 0.3) is 0 Å². The van der Waals surface area contributed by atoms with Crippen molar-refractivity contribution >= 4 is 18.4 Å². The summed E-state index contributed by atoms with van der Waals surface area (Å²) in [5.74, 6) is 0. The first-order valence-electron chi connectivity index (χ1n) is 12.1. The normalized spacial score (nSPS) is 15.5. The molecule has 3 atom stereocenters. The lowest BCUT2D eigenvalue weighted by molar-refractivity contribution is -0.125. The first-order chi connectivity index (χ1) is 16.3. The van der Waals surface area contributed by atoms with E-state index >= 15 is 0 Å². The van der Waals surface area contributed by atoms with E-state index in [1.165, 1.54) is 0 Å². The minimum Gasteiger partial charge on any atom is -0.417 e. The van der Waals surface area contributed by atoms with E-state index in [-0.39, 0.29) is 5.04 Å². The fraction of sp³-hybridized carbons (Fsp3) is 0.556. The van der Waals surface area contributed by atoms with Crippen LogP contribution in [-0.2, 0) is 41.4 Å². The van der Waals surface area contributed by atoms with Crippen LogP contribution in [0.15, 0.2) is 60.7 Å². The average molecular weight is 523 g/mol. The maximum absolute atomic E-state index is 11.9. The monoisotopic (exact) mass is 522 g/mol. The molecule has 0 heterocycles. The third-order valence-corrected chi connectivity index (χ3v) is 11.6. The van der Waals surface area contributed by atoms with Crippen LogP contribution in [0.3, 0.4) is 0 Å². The molecule has 0 aliphatic heterocycles. The van der Waals surface area contributed by atoms with E-state index in [1.54, 1.807) is 6.92 Å². The van der Waals surface area contributed by atoms with Crippen molar-refractivity contribution in [2.75, 3.05) is 12.9 Å². The van der Waals surface area contributed by atoms with Crippen LogP contribution < -0.4 is 0 Å². The molecule has 0 bridgehead atoms. The Morgan fingerprint density at radius 1 is 0.857 bits per heavy atom. The van der Waals surface area contributed by atoms with Gasteiger partial charge in [-0.2, -0.15) is 8.42 Å². The smallest absolute Gasteiger partial charge is 0.264 e. The zero-order valence-electron chi connectivity index (χ0n) is 22.2. The molecule has 0 fully saturated rings. The van der Waals surface area contributed by atoms with Crippen molar-refractivity contribution in [3.05, 3.63) is 71.8 Å². The molecule has 0 radical (unpaired) electrons. The molecule has 0 saturated carbocycles. The van der Waals surface area contributed by atoms with Gasteiger partial charge in [-0.1, -0.05) is 81.4 Å². The van der Waals surface area contributed by atoms with Gasteiger partial charge in [0.2, 0.25) is 0 Å². The molecule has 0 spiro atoms. The molecular formula is C27H42O6SSi. The second-order valence-corrected chi connectivity index (χ2v) is 16.9.